The first-order chi connectivity index (χ1) is 8.99. The molecule has 19 heavy (non-hydrogen) atoms. The number of benzene rings is 1. The predicted octanol–water partition coefficient (Wildman–Crippen LogP) is 3.37. The van der Waals surface area contributed by atoms with Crippen LogP contribution in [0, 0.1) is 5.92 Å². The molecule has 1 aromatic carbocycles. The number of hydrogen-bond donors (Lipinski definition) is 1. The first-order valence-electron chi connectivity index (χ1n) is 7.59. The summed E-state index contributed by atoms with van der Waals surface area (Å²) in [6.07, 6.45) is 2.27. The molecule has 2 heteroatoms. The smallest absolute Gasteiger partial charge is 0.0502 e. The predicted molar refractivity (Wildman–Crippen MR) is 82.2 cm³/mol. The normalized spacial score (nSPS) is 24.6. The topological polar surface area (TPSA) is 29.3 Å². The Hall–Kier alpha value is -0.860. The van der Waals surface area contributed by atoms with E-state index in [-0.39, 0.29) is 6.04 Å². The van der Waals surface area contributed by atoms with Gasteiger partial charge in [-0.05, 0) is 43.7 Å². The van der Waals surface area contributed by atoms with Crippen molar-refractivity contribution in [3.8, 4) is 0 Å². The van der Waals surface area contributed by atoms with E-state index in [0.29, 0.717) is 18.0 Å². The molecule has 2 rings (SSSR count). The standard InChI is InChI=1S/C17H28N2/c1-12(2)11-14-5-7-15(8-6-14)17-16(18)9-10-19(17)13(3)4/h5-8,12-13,16-17H,9-11,18H2,1-4H3. The SMILES string of the molecule is CC(C)Cc1ccc(C2C(N)CCN2C(C)C)cc1. The summed E-state index contributed by atoms with van der Waals surface area (Å²) in [5, 5.41) is 0. The van der Waals surface area contributed by atoms with Gasteiger partial charge in [0.1, 0.15) is 0 Å². The molecule has 1 saturated heterocycles. The molecule has 1 aliphatic rings. The molecule has 0 spiro atoms. The number of rotatable bonds is 4. The monoisotopic (exact) mass is 260 g/mol. The van der Waals surface area contributed by atoms with Crippen molar-refractivity contribution in [2.45, 2.75) is 58.7 Å². The van der Waals surface area contributed by atoms with E-state index in [0.717, 1.165) is 19.4 Å². The molecule has 0 aliphatic carbocycles. The van der Waals surface area contributed by atoms with Crippen molar-refractivity contribution >= 4 is 0 Å². The van der Waals surface area contributed by atoms with Crippen LogP contribution in [0.2, 0.25) is 0 Å². The second kappa shape index (κ2) is 6.06. The molecule has 1 aliphatic heterocycles. The zero-order valence-electron chi connectivity index (χ0n) is 12.8. The van der Waals surface area contributed by atoms with Crippen molar-refractivity contribution in [2.75, 3.05) is 6.54 Å². The Morgan fingerprint density at radius 2 is 1.79 bits per heavy atom. The van der Waals surface area contributed by atoms with Gasteiger partial charge in [0.05, 0.1) is 6.04 Å². The summed E-state index contributed by atoms with van der Waals surface area (Å²) in [6.45, 7) is 10.2. The third-order valence-corrected chi connectivity index (χ3v) is 4.11. The molecule has 1 heterocycles. The van der Waals surface area contributed by atoms with Gasteiger partial charge < -0.3 is 5.73 Å². The summed E-state index contributed by atoms with van der Waals surface area (Å²) in [7, 11) is 0. The van der Waals surface area contributed by atoms with E-state index in [1.807, 2.05) is 0 Å². The molecule has 0 bridgehead atoms. The first kappa shape index (κ1) is 14.5. The summed E-state index contributed by atoms with van der Waals surface area (Å²) in [6, 6.07) is 10.4. The molecule has 0 radical (unpaired) electrons. The molecule has 0 saturated carbocycles. The van der Waals surface area contributed by atoms with E-state index in [4.69, 9.17) is 5.73 Å². The molecule has 0 aromatic heterocycles. The Morgan fingerprint density at radius 3 is 2.32 bits per heavy atom. The maximum Gasteiger partial charge on any atom is 0.0502 e. The molecule has 2 nitrogen and oxygen atoms in total. The number of nitrogens with zero attached hydrogens (tertiary/aromatic N) is 1. The first-order valence-corrected chi connectivity index (χ1v) is 7.59. The van der Waals surface area contributed by atoms with E-state index in [1.54, 1.807) is 0 Å². The van der Waals surface area contributed by atoms with Crippen molar-refractivity contribution in [3.05, 3.63) is 35.4 Å². The summed E-state index contributed by atoms with van der Waals surface area (Å²) in [5.74, 6) is 0.715. The number of hydrogen-bond acceptors (Lipinski definition) is 2. The van der Waals surface area contributed by atoms with Gasteiger partial charge in [0.25, 0.3) is 0 Å². The van der Waals surface area contributed by atoms with Crippen molar-refractivity contribution in [1.82, 2.24) is 4.90 Å². The Labute approximate surface area is 118 Å². The van der Waals surface area contributed by atoms with Crippen molar-refractivity contribution in [2.24, 2.45) is 11.7 Å². The zero-order valence-corrected chi connectivity index (χ0v) is 12.8. The Balaban J connectivity index is 2.16. The molecule has 1 aromatic rings. The highest BCUT2D eigenvalue weighted by Gasteiger charge is 2.34. The number of nitrogens with two attached hydrogens (primary N) is 1. The Kier molecular flexibility index (Phi) is 4.64. The lowest BCUT2D eigenvalue weighted by molar-refractivity contribution is 0.198. The minimum Gasteiger partial charge on any atom is -0.326 e. The van der Waals surface area contributed by atoms with Gasteiger partial charge in [0, 0.05) is 18.6 Å². The largest absolute Gasteiger partial charge is 0.326 e. The third-order valence-electron chi connectivity index (χ3n) is 4.11. The van der Waals surface area contributed by atoms with Gasteiger partial charge in [-0.2, -0.15) is 0 Å². The van der Waals surface area contributed by atoms with Crippen LogP contribution < -0.4 is 5.73 Å². The number of likely N-dealkylation sites (tertiary alicyclic amines) is 1. The van der Waals surface area contributed by atoms with Gasteiger partial charge in [-0.25, -0.2) is 0 Å². The van der Waals surface area contributed by atoms with Crippen LogP contribution in [-0.4, -0.2) is 23.5 Å². The second-order valence-corrected chi connectivity index (χ2v) is 6.57. The highest BCUT2D eigenvalue weighted by Crippen LogP contribution is 2.32. The van der Waals surface area contributed by atoms with Crippen LogP contribution in [0.4, 0.5) is 0 Å². The summed E-state index contributed by atoms with van der Waals surface area (Å²) in [5.41, 5.74) is 9.13. The summed E-state index contributed by atoms with van der Waals surface area (Å²) < 4.78 is 0. The lowest BCUT2D eigenvalue weighted by Gasteiger charge is -2.30. The molecule has 2 unspecified atom stereocenters. The maximum absolute atomic E-state index is 6.32. The minimum absolute atomic E-state index is 0.276. The fourth-order valence-corrected chi connectivity index (χ4v) is 3.18. The molecular weight excluding hydrogens is 232 g/mol. The molecule has 1 fully saturated rings. The Bertz CT molecular complexity index is 394. The van der Waals surface area contributed by atoms with Crippen molar-refractivity contribution < 1.29 is 0 Å². The molecular formula is C17H28N2. The van der Waals surface area contributed by atoms with E-state index in [1.165, 1.54) is 11.1 Å². The van der Waals surface area contributed by atoms with Gasteiger partial charge >= 0.3 is 0 Å². The minimum atomic E-state index is 0.276. The maximum atomic E-state index is 6.32. The van der Waals surface area contributed by atoms with Crippen LogP contribution in [0.1, 0.15) is 51.3 Å². The van der Waals surface area contributed by atoms with E-state index in [2.05, 4.69) is 56.9 Å². The van der Waals surface area contributed by atoms with E-state index < -0.39 is 0 Å². The fourth-order valence-electron chi connectivity index (χ4n) is 3.18. The lowest BCUT2D eigenvalue weighted by atomic mass is 9.96. The summed E-state index contributed by atoms with van der Waals surface area (Å²) >= 11 is 0. The third kappa shape index (κ3) is 3.37. The van der Waals surface area contributed by atoms with E-state index in [9.17, 15) is 0 Å². The van der Waals surface area contributed by atoms with Crippen LogP contribution in [0.15, 0.2) is 24.3 Å². The average molecular weight is 260 g/mol. The van der Waals surface area contributed by atoms with Crippen LogP contribution >= 0.6 is 0 Å². The van der Waals surface area contributed by atoms with E-state index >= 15 is 0 Å². The lowest BCUT2D eigenvalue weighted by Crippen LogP contribution is -2.35. The highest BCUT2D eigenvalue weighted by atomic mass is 15.2. The van der Waals surface area contributed by atoms with Gasteiger partial charge in [-0.1, -0.05) is 38.1 Å². The van der Waals surface area contributed by atoms with Gasteiger partial charge in [0.15, 0.2) is 0 Å². The van der Waals surface area contributed by atoms with Crippen LogP contribution in [-0.2, 0) is 6.42 Å². The molecule has 106 valence electrons. The van der Waals surface area contributed by atoms with Crippen LogP contribution in [0.5, 0.6) is 0 Å². The van der Waals surface area contributed by atoms with Gasteiger partial charge in [-0.15, -0.1) is 0 Å². The Morgan fingerprint density at radius 1 is 1.16 bits per heavy atom. The molecule has 0 amide bonds. The zero-order chi connectivity index (χ0) is 14.0. The molecule has 2 N–H and O–H groups in total. The summed E-state index contributed by atoms with van der Waals surface area (Å²) in [4.78, 5) is 2.53. The quantitative estimate of drug-likeness (QED) is 0.899. The highest BCUT2D eigenvalue weighted by molar-refractivity contribution is 5.27. The van der Waals surface area contributed by atoms with Crippen molar-refractivity contribution in [3.63, 3.8) is 0 Å². The fraction of sp³-hybridized carbons (Fsp3) is 0.647. The van der Waals surface area contributed by atoms with Crippen molar-refractivity contribution in [1.29, 1.82) is 0 Å². The van der Waals surface area contributed by atoms with Gasteiger partial charge in [0.2, 0.25) is 0 Å². The molecule has 2 atom stereocenters. The van der Waals surface area contributed by atoms with Gasteiger partial charge in [-0.3, -0.25) is 4.90 Å². The van der Waals surface area contributed by atoms with Crippen LogP contribution in [0.25, 0.3) is 0 Å². The average Bonchev–Trinajstić information content (AvgIpc) is 2.71. The second-order valence-electron chi connectivity index (χ2n) is 6.57. The van der Waals surface area contributed by atoms with Crippen LogP contribution in [0.3, 0.4) is 0 Å².